The Balaban J connectivity index is 2.81. The van der Waals surface area contributed by atoms with E-state index in [1.807, 2.05) is 13.8 Å². The number of alkyl halides is 4. The largest absolute Gasteiger partial charge is 0.573 e. The number of ether oxygens (including phenoxy) is 1. The summed E-state index contributed by atoms with van der Waals surface area (Å²) in [5.74, 6) is -0.542. The number of carbonyl (C=O) groups is 1. The topological polar surface area (TPSA) is 29.5 Å². The number of hydrogen-bond acceptors (Lipinski definition) is 2. The van der Waals surface area contributed by atoms with Crippen molar-refractivity contribution in [2.75, 3.05) is 11.9 Å². The monoisotopic (exact) mass is 367 g/mol. The van der Waals surface area contributed by atoms with Gasteiger partial charge in [0.2, 0.25) is 0 Å². The molecular weight excluding hydrogens is 351 g/mol. The van der Waals surface area contributed by atoms with Gasteiger partial charge in [-0.2, -0.15) is 0 Å². The van der Waals surface area contributed by atoms with Crippen molar-refractivity contribution < 1.29 is 22.7 Å². The number of rotatable bonds is 6. The average molecular weight is 368 g/mol. The molecule has 0 fully saturated rings. The molecule has 0 radical (unpaired) electrons. The van der Waals surface area contributed by atoms with E-state index in [2.05, 4.69) is 20.7 Å². The van der Waals surface area contributed by atoms with E-state index in [9.17, 15) is 18.0 Å². The van der Waals surface area contributed by atoms with Crippen molar-refractivity contribution in [3.05, 3.63) is 29.8 Å². The predicted molar refractivity (Wildman–Crippen MR) is 77.7 cm³/mol. The van der Waals surface area contributed by atoms with Gasteiger partial charge in [0.1, 0.15) is 5.75 Å². The first-order valence-corrected chi connectivity index (χ1v) is 7.59. The van der Waals surface area contributed by atoms with Crippen LogP contribution in [0.1, 0.15) is 30.6 Å². The van der Waals surface area contributed by atoms with Gasteiger partial charge >= 0.3 is 6.36 Å². The molecule has 1 aromatic rings. The SMILES string of the molecule is CC(C)N(CCCBr)C(=O)c1ccc(OC(F)(F)F)cc1. The third kappa shape index (κ3) is 5.95. The van der Waals surface area contributed by atoms with Gasteiger partial charge < -0.3 is 9.64 Å². The molecule has 0 aliphatic rings. The fourth-order valence-corrected chi connectivity index (χ4v) is 2.04. The van der Waals surface area contributed by atoms with Gasteiger partial charge in [-0.3, -0.25) is 4.79 Å². The molecule has 0 aliphatic carbocycles. The average Bonchev–Trinajstić information content (AvgIpc) is 2.37. The Kier molecular flexibility index (Phi) is 6.51. The van der Waals surface area contributed by atoms with Crippen molar-refractivity contribution >= 4 is 21.8 Å². The number of hydrogen-bond donors (Lipinski definition) is 0. The van der Waals surface area contributed by atoms with Crippen molar-refractivity contribution in [2.24, 2.45) is 0 Å². The molecule has 0 atom stereocenters. The normalized spacial score (nSPS) is 11.6. The van der Waals surface area contributed by atoms with E-state index in [4.69, 9.17) is 0 Å². The van der Waals surface area contributed by atoms with Crippen LogP contribution in [-0.2, 0) is 0 Å². The molecule has 21 heavy (non-hydrogen) atoms. The molecule has 1 rings (SSSR count). The Morgan fingerprint density at radius 3 is 2.29 bits per heavy atom. The third-order valence-electron chi connectivity index (χ3n) is 2.75. The molecule has 0 N–H and O–H groups in total. The lowest BCUT2D eigenvalue weighted by Crippen LogP contribution is -2.37. The van der Waals surface area contributed by atoms with Gasteiger partial charge in [0.05, 0.1) is 0 Å². The van der Waals surface area contributed by atoms with E-state index in [1.165, 1.54) is 12.1 Å². The van der Waals surface area contributed by atoms with Gasteiger partial charge in [0, 0.05) is 23.5 Å². The van der Waals surface area contributed by atoms with E-state index < -0.39 is 6.36 Å². The zero-order valence-corrected chi connectivity index (χ0v) is 13.4. The molecule has 0 saturated heterocycles. The highest BCUT2D eigenvalue weighted by atomic mass is 79.9. The number of nitrogens with zero attached hydrogens (tertiary/aromatic N) is 1. The van der Waals surface area contributed by atoms with Gasteiger partial charge in [-0.05, 0) is 44.5 Å². The van der Waals surface area contributed by atoms with Crippen molar-refractivity contribution in [1.82, 2.24) is 4.90 Å². The Morgan fingerprint density at radius 1 is 1.29 bits per heavy atom. The lowest BCUT2D eigenvalue weighted by Gasteiger charge is -2.26. The van der Waals surface area contributed by atoms with Crippen LogP contribution in [0, 0.1) is 0 Å². The maximum absolute atomic E-state index is 12.3. The highest BCUT2D eigenvalue weighted by Gasteiger charge is 2.31. The van der Waals surface area contributed by atoms with Gasteiger partial charge in [0.15, 0.2) is 0 Å². The Morgan fingerprint density at radius 2 is 1.86 bits per heavy atom. The number of amides is 1. The molecule has 0 unspecified atom stereocenters. The van der Waals surface area contributed by atoms with Crippen LogP contribution in [0.25, 0.3) is 0 Å². The molecule has 118 valence electrons. The molecule has 0 heterocycles. The smallest absolute Gasteiger partial charge is 0.406 e. The molecule has 0 bridgehead atoms. The minimum Gasteiger partial charge on any atom is -0.406 e. The summed E-state index contributed by atoms with van der Waals surface area (Å²) in [6, 6.07) is 4.98. The van der Waals surface area contributed by atoms with Crippen LogP contribution in [0.2, 0.25) is 0 Å². The Labute approximate surface area is 130 Å². The fraction of sp³-hybridized carbons (Fsp3) is 0.500. The third-order valence-corrected chi connectivity index (χ3v) is 3.31. The molecule has 3 nitrogen and oxygen atoms in total. The first-order valence-electron chi connectivity index (χ1n) is 6.47. The Hall–Kier alpha value is -1.24. The van der Waals surface area contributed by atoms with Crippen LogP contribution >= 0.6 is 15.9 Å². The molecule has 7 heteroatoms. The van der Waals surface area contributed by atoms with Crippen molar-refractivity contribution in [3.8, 4) is 5.75 Å². The summed E-state index contributed by atoms with van der Waals surface area (Å²) in [5, 5.41) is 0.780. The first kappa shape index (κ1) is 17.8. The van der Waals surface area contributed by atoms with Crippen LogP contribution in [0.4, 0.5) is 13.2 Å². The van der Waals surface area contributed by atoms with Crippen molar-refractivity contribution in [3.63, 3.8) is 0 Å². The second-order valence-corrected chi connectivity index (χ2v) is 5.50. The standard InChI is InChI=1S/C14H17BrF3NO2/c1-10(2)19(9-3-8-15)13(20)11-4-6-12(7-5-11)21-14(16,17)18/h4-7,10H,3,8-9H2,1-2H3. The molecule has 0 saturated carbocycles. The number of benzene rings is 1. The maximum Gasteiger partial charge on any atom is 0.573 e. The quantitative estimate of drug-likeness (QED) is 0.704. The summed E-state index contributed by atoms with van der Waals surface area (Å²) in [7, 11) is 0. The second-order valence-electron chi connectivity index (χ2n) is 4.71. The lowest BCUT2D eigenvalue weighted by molar-refractivity contribution is -0.274. The van der Waals surface area contributed by atoms with Crippen molar-refractivity contribution in [1.29, 1.82) is 0 Å². The van der Waals surface area contributed by atoms with Gasteiger partial charge in [0.25, 0.3) is 5.91 Å². The second kappa shape index (κ2) is 7.68. The zero-order valence-electron chi connectivity index (χ0n) is 11.8. The summed E-state index contributed by atoms with van der Waals surface area (Å²) in [4.78, 5) is 14.0. The van der Waals surface area contributed by atoms with Crippen molar-refractivity contribution in [2.45, 2.75) is 32.7 Å². The highest BCUT2D eigenvalue weighted by Crippen LogP contribution is 2.23. The first-order chi connectivity index (χ1) is 9.74. The summed E-state index contributed by atoms with van der Waals surface area (Å²) >= 11 is 3.31. The van der Waals surface area contributed by atoms with Crippen LogP contribution in [0.3, 0.4) is 0 Å². The van der Waals surface area contributed by atoms with E-state index in [0.717, 1.165) is 23.9 Å². The molecular formula is C14H17BrF3NO2. The van der Waals surface area contributed by atoms with Crippen LogP contribution in [-0.4, -0.2) is 35.1 Å². The van der Waals surface area contributed by atoms with Crippen LogP contribution < -0.4 is 4.74 Å². The van der Waals surface area contributed by atoms with Crippen LogP contribution in [0.5, 0.6) is 5.75 Å². The minimum atomic E-state index is -4.73. The zero-order chi connectivity index (χ0) is 16.0. The van der Waals surface area contributed by atoms with E-state index in [-0.39, 0.29) is 17.7 Å². The van der Waals surface area contributed by atoms with Gasteiger partial charge in [-0.15, -0.1) is 13.2 Å². The van der Waals surface area contributed by atoms with E-state index >= 15 is 0 Å². The molecule has 1 amide bonds. The predicted octanol–water partition coefficient (Wildman–Crippen LogP) is 4.22. The maximum atomic E-state index is 12.3. The van der Waals surface area contributed by atoms with Crippen LogP contribution in [0.15, 0.2) is 24.3 Å². The highest BCUT2D eigenvalue weighted by molar-refractivity contribution is 9.09. The van der Waals surface area contributed by atoms with E-state index in [1.54, 1.807) is 4.90 Å². The molecule has 0 aliphatic heterocycles. The van der Waals surface area contributed by atoms with Gasteiger partial charge in [-0.25, -0.2) is 0 Å². The lowest BCUT2D eigenvalue weighted by atomic mass is 10.1. The summed E-state index contributed by atoms with van der Waals surface area (Å²) in [6.45, 7) is 4.38. The fourth-order valence-electron chi connectivity index (χ4n) is 1.79. The van der Waals surface area contributed by atoms with Gasteiger partial charge in [-0.1, -0.05) is 15.9 Å². The molecule has 1 aromatic carbocycles. The number of halogens is 4. The summed E-state index contributed by atoms with van der Waals surface area (Å²) < 4.78 is 40.0. The van der Waals surface area contributed by atoms with E-state index in [0.29, 0.717) is 12.1 Å². The number of carbonyl (C=O) groups excluding carboxylic acids is 1. The molecule has 0 aromatic heterocycles. The Bertz CT molecular complexity index is 460. The summed E-state index contributed by atoms with van der Waals surface area (Å²) in [6.07, 6.45) is -3.93. The minimum absolute atomic E-state index is 0.0163. The molecule has 0 spiro atoms. The summed E-state index contributed by atoms with van der Waals surface area (Å²) in [5.41, 5.74) is 0.341.